The van der Waals surface area contributed by atoms with Crippen LogP contribution in [0.5, 0.6) is 0 Å². The van der Waals surface area contributed by atoms with Gasteiger partial charge in [0, 0.05) is 11.5 Å². The Bertz CT molecular complexity index is 497. The van der Waals surface area contributed by atoms with E-state index < -0.39 is 5.82 Å². The molecule has 0 aromatic heterocycles. The van der Waals surface area contributed by atoms with E-state index in [0.29, 0.717) is 10.6 Å². The summed E-state index contributed by atoms with van der Waals surface area (Å²) in [6.45, 7) is 1.95. The lowest BCUT2D eigenvalue weighted by atomic mass is 9.89. The zero-order valence-corrected chi connectivity index (χ0v) is 10.8. The standard InChI is InChI=1S/C14H15ClFNO/c15-12-2-1-9(16)7-10(12)13(18)11-8-14(11)3-5-17-6-4-14/h1-2,7,11,17H,3-6,8H2. The summed E-state index contributed by atoms with van der Waals surface area (Å²) >= 11 is 5.99. The Hall–Kier alpha value is -0.930. The number of ketones is 1. The molecule has 2 fully saturated rings. The fourth-order valence-electron chi connectivity index (χ4n) is 3.07. The Labute approximate surface area is 111 Å². The van der Waals surface area contributed by atoms with Gasteiger partial charge in [0.25, 0.3) is 0 Å². The van der Waals surface area contributed by atoms with Gasteiger partial charge in [0.2, 0.25) is 0 Å². The summed E-state index contributed by atoms with van der Waals surface area (Å²) < 4.78 is 13.2. The van der Waals surface area contributed by atoms with E-state index in [2.05, 4.69) is 5.32 Å². The Morgan fingerprint density at radius 1 is 1.39 bits per heavy atom. The molecule has 96 valence electrons. The number of carbonyl (C=O) groups excluding carboxylic acids is 1. The molecule has 0 bridgehead atoms. The molecule has 1 N–H and O–H groups in total. The van der Waals surface area contributed by atoms with E-state index in [0.717, 1.165) is 32.4 Å². The Balaban J connectivity index is 1.82. The molecule has 1 atom stereocenters. The van der Waals surface area contributed by atoms with Crippen LogP contribution in [0.1, 0.15) is 29.6 Å². The van der Waals surface area contributed by atoms with E-state index in [1.807, 2.05) is 0 Å². The average molecular weight is 268 g/mol. The molecule has 1 saturated carbocycles. The zero-order valence-electron chi connectivity index (χ0n) is 10.0. The van der Waals surface area contributed by atoms with Gasteiger partial charge in [-0.3, -0.25) is 4.79 Å². The Morgan fingerprint density at radius 3 is 2.83 bits per heavy atom. The summed E-state index contributed by atoms with van der Waals surface area (Å²) in [4.78, 5) is 12.4. The molecule has 2 aliphatic rings. The fraction of sp³-hybridized carbons (Fsp3) is 0.500. The summed E-state index contributed by atoms with van der Waals surface area (Å²) in [6, 6.07) is 4.01. The molecule has 2 nitrogen and oxygen atoms in total. The second-order valence-corrected chi connectivity index (χ2v) is 5.76. The lowest BCUT2D eigenvalue weighted by Gasteiger charge is -2.23. The van der Waals surface area contributed by atoms with Crippen molar-refractivity contribution in [2.75, 3.05) is 13.1 Å². The number of nitrogens with one attached hydrogen (secondary N) is 1. The smallest absolute Gasteiger partial charge is 0.168 e. The van der Waals surface area contributed by atoms with Crippen LogP contribution in [0.4, 0.5) is 4.39 Å². The zero-order chi connectivity index (χ0) is 12.8. The van der Waals surface area contributed by atoms with Crippen LogP contribution in [-0.4, -0.2) is 18.9 Å². The lowest BCUT2D eigenvalue weighted by molar-refractivity contribution is 0.0940. The van der Waals surface area contributed by atoms with Gasteiger partial charge < -0.3 is 5.32 Å². The first-order valence-corrected chi connectivity index (χ1v) is 6.70. The van der Waals surface area contributed by atoms with Crippen LogP contribution in [0.25, 0.3) is 0 Å². The van der Waals surface area contributed by atoms with Crippen LogP contribution >= 0.6 is 11.6 Å². The van der Waals surface area contributed by atoms with Crippen molar-refractivity contribution in [3.8, 4) is 0 Å². The largest absolute Gasteiger partial charge is 0.317 e. The van der Waals surface area contributed by atoms with E-state index in [1.54, 1.807) is 0 Å². The third-order valence-electron chi connectivity index (χ3n) is 4.30. The summed E-state index contributed by atoms with van der Waals surface area (Å²) in [7, 11) is 0. The molecule has 0 amide bonds. The highest BCUT2D eigenvalue weighted by Gasteiger charge is 2.57. The summed E-state index contributed by atoms with van der Waals surface area (Å²) in [5.74, 6) is -0.344. The normalized spacial score (nSPS) is 25.1. The highest BCUT2D eigenvalue weighted by Crippen LogP contribution is 2.59. The van der Waals surface area contributed by atoms with Gasteiger partial charge in [-0.05, 0) is 56.0 Å². The van der Waals surface area contributed by atoms with Gasteiger partial charge in [-0.15, -0.1) is 0 Å². The van der Waals surface area contributed by atoms with E-state index in [4.69, 9.17) is 11.6 Å². The molecule has 18 heavy (non-hydrogen) atoms. The topological polar surface area (TPSA) is 29.1 Å². The van der Waals surface area contributed by atoms with Crippen molar-refractivity contribution in [1.29, 1.82) is 0 Å². The van der Waals surface area contributed by atoms with Crippen molar-refractivity contribution >= 4 is 17.4 Å². The van der Waals surface area contributed by atoms with Crippen LogP contribution in [0.2, 0.25) is 5.02 Å². The SMILES string of the molecule is O=C(c1cc(F)ccc1Cl)C1CC12CCNCC2. The van der Waals surface area contributed by atoms with Crippen LogP contribution in [0.3, 0.4) is 0 Å². The van der Waals surface area contributed by atoms with Gasteiger partial charge in [-0.1, -0.05) is 11.6 Å². The van der Waals surface area contributed by atoms with Gasteiger partial charge in [0.15, 0.2) is 5.78 Å². The molecule has 1 spiro atoms. The Kier molecular flexibility index (Phi) is 2.91. The van der Waals surface area contributed by atoms with Crippen molar-refractivity contribution in [2.45, 2.75) is 19.3 Å². The molecule has 0 radical (unpaired) electrons. The highest BCUT2D eigenvalue weighted by molar-refractivity contribution is 6.34. The summed E-state index contributed by atoms with van der Waals surface area (Å²) in [5, 5.41) is 3.66. The summed E-state index contributed by atoms with van der Waals surface area (Å²) in [6.07, 6.45) is 3.01. The number of hydrogen-bond donors (Lipinski definition) is 1. The second kappa shape index (κ2) is 4.32. The molecule has 1 aromatic carbocycles. The van der Waals surface area contributed by atoms with Crippen LogP contribution in [0, 0.1) is 17.2 Å². The lowest BCUT2D eigenvalue weighted by Crippen LogP contribution is -2.30. The molecule has 1 unspecified atom stereocenters. The van der Waals surface area contributed by atoms with E-state index >= 15 is 0 Å². The van der Waals surface area contributed by atoms with Crippen molar-refractivity contribution in [3.05, 3.63) is 34.6 Å². The molecular weight excluding hydrogens is 253 g/mol. The fourth-order valence-corrected chi connectivity index (χ4v) is 3.28. The van der Waals surface area contributed by atoms with E-state index in [9.17, 15) is 9.18 Å². The molecule has 1 aliphatic carbocycles. The first-order valence-electron chi connectivity index (χ1n) is 6.32. The maximum absolute atomic E-state index is 13.2. The van der Waals surface area contributed by atoms with Gasteiger partial charge in [0.05, 0.1) is 5.02 Å². The molecule has 1 aliphatic heterocycles. The molecule has 4 heteroatoms. The van der Waals surface area contributed by atoms with Crippen molar-refractivity contribution in [3.63, 3.8) is 0 Å². The Morgan fingerprint density at radius 2 is 2.11 bits per heavy atom. The minimum atomic E-state index is -0.400. The average Bonchev–Trinajstić information content (AvgIpc) is 3.06. The van der Waals surface area contributed by atoms with Crippen molar-refractivity contribution < 1.29 is 9.18 Å². The third kappa shape index (κ3) is 1.95. The highest BCUT2D eigenvalue weighted by atomic mass is 35.5. The van der Waals surface area contributed by atoms with Crippen LogP contribution in [0.15, 0.2) is 18.2 Å². The maximum atomic E-state index is 13.2. The number of Topliss-reactive ketones (excluding diaryl/α,β-unsaturated/α-hetero) is 1. The number of rotatable bonds is 2. The van der Waals surface area contributed by atoms with Crippen molar-refractivity contribution in [1.82, 2.24) is 5.32 Å². The first-order chi connectivity index (χ1) is 8.62. The second-order valence-electron chi connectivity index (χ2n) is 5.36. The molecule has 1 aromatic rings. The quantitative estimate of drug-likeness (QED) is 0.835. The van der Waals surface area contributed by atoms with Crippen LogP contribution in [-0.2, 0) is 0 Å². The van der Waals surface area contributed by atoms with E-state index in [-0.39, 0.29) is 17.1 Å². The van der Waals surface area contributed by atoms with Gasteiger partial charge in [-0.2, -0.15) is 0 Å². The molecular formula is C14H15ClFNO. The molecule has 1 heterocycles. The van der Waals surface area contributed by atoms with Crippen molar-refractivity contribution in [2.24, 2.45) is 11.3 Å². The summed E-state index contributed by atoms with van der Waals surface area (Å²) in [5.41, 5.74) is 0.509. The van der Waals surface area contributed by atoms with E-state index in [1.165, 1.54) is 18.2 Å². The number of piperidine rings is 1. The number of halogens is 2. The third-order valence-corrected chi connectivity index (χ3v) is 4.63. The number of hydrogen-bond acceptors (Lipinski definition) is 2. The number of benzene rings is 1. The predicted molar refractivity (Wildman–Crippen MR) is 68.4 cm³/mol. The van der Waals surface area contributed by atoms with Gasteiger partial charge in [0.1, 0.15) is 5.82 Å². The number of carbonyl (C=O) groups is 1. The molecule has 3 rings (SSSR count). The minimum absolute atomic E-state index is 0.0152. The monoisotopic (exact) mass is 267 g/mol. The van der Waals surface area contributed by atoms with Crippen LogP contribution < -0.4 is 5.32 Å². The van der Waals surface area contributed by atoms with Gasteiger partial charge in [-0.25, -0.2) is 4.39 Å². The minimum Gasteiger partial charge on any atom is -0.317 e. The maximum Gasteiger partial charge on any atom is 0.168 e. The first kappa shape index (κ1) is 12.1. The molecule has 1 saturated heterocycles. The van der Waals surface area contributed by atoms with Gasteiger partial charge >= 0.3 is 0 Å². The predicted octanol–water partition coefficient (Wildman–Crippen LogP) is 3.05.